The number of piperidine rings is 1. The lowest BCUT2D eigenvalue weighted by atomic mass is 9.94. The van der Waals surface area contributed by atoms with Gasteiger partial charge in [0.15, 0.2) is 28.8 Å². The summed E-state index contributed by atoms with van der Waals surface area (Å²) in [6, 6.07) is 11.8. The quantitative estimate of drug-likeness (QED) is 0.177. The first-order chi connectivity index (χ1) is 19.0. The van der Waals surface area contributed by atoms with Gasteiger partial charge in [-0.2, -0.15) is 0 Å². The molecule has 1 saturated heterocycles. The standard InChI is InChI=1S/C33H45NO5/c1-6-11-17-38-29-15-13-25(21-31(29)36-9-4)19-27-23-34(8-3)24-28(33(27)35)20-26-14-16-30(39-18-12-7-2)32(22-26)37-10-5/h13-16,19-22H,6-12,17-18,23-24H2,1-5H3. The van der Waals surface area contributed by atoms with Gasteiger partial charge < -0.3 is 18.9 Å². The SMILES string of the molecule is CCCCOc1ccc(C=C2CN(CC)CC(=Cc3ccc(OCCCC)c(OCC)c3)C2=O)cc1OCC. The molecule has 6 heteroatoms. The van der Waals surface area contributed by atoms with E-state index in [9.17, 15) is 4.79 Å². The summed E-state index contributed by atoms with van der Waals surface area (Å²) < 4.78 is 23.6. The lowest BCUT2D eigenvalue weighted by molar-refractivity contribution is -0.113. The van der Waals surface area contributed by atoms with Crippen molar-refractivity contribution >= 4 is 17.9 Å². The molecule has 1 aliphatic rings. The van der Waals surface area contributed by atoms with Gasteiger partial charge >= 0.3 is 0 Å². The molecule has 2 aromatic carbocycles. The third-order valence-electron chi connectivity index (χ3n) is 6.55. The molecule has 1 heterocycles. The van der Waals surface area contributed by atoms with Crippen molar-refractivity contribution < 1.29 is 23.7 Å². The fourth-order valence-electron chi connectivity index (χ4n) is 4.39. The van der Waals surface area contributed by atoms with Crippen molar-refractivity contribution in [1.29, 1.82) is 0 Å². The van der Waals surface area contributed by atoms with Crippen LogP contribution in [0.2, 0.25) is 0 Å². The Morgan fingerprint density at radius 3 is 1.51 bits per heavy atom. The number of likely N-dealkylation sites (tertiary alicyclic amines) is 1. The van der Waals surface area contributed by atoms with Gasteiger partial charge in [0.1, 0.15) is 0 Å². The number of benzene rings is 2. The average molecular weight is 536 g/mol. The number of unbranched alkanes of at least 4 members (excludes halogenated alkanes) is 2. The molecule has 0 atom stereocenters. The topological polar surface area (TPSA) is 57.2 Å². The van der Waals surface area contributed by atoms with E-state index in [0.717, 1.165) is 66.0 Å². The number of rotatable bonds is 15. The van der Waals surface area contributed by atoms with E-state index >= 15 is 0 Å². The fourth-order valence-corrected chi connectivity index (χ4v) is 4.39. The maximum atomic E-state index is 13.6. The van der Waals surface area contributed by atoms with Crippen molar-refractivity contribution in [2.75, 3.05) is 46.1 Å². The summed E-state index contributed by atoms with van der Waals surface area (Å²) in [5, 5.41) is 0. The van der Waals surface area contributed by atoms with E-state index in [1.165, 1.54) is 0 Å². The summed E-state index contributed by atoms with van der Waals surface area (Å²) in [4.78, 5) is 15.9. The number of likely N-dealkylation sites (N-methyl/N-ethyl adjacent to an activating group) is 1. The highest BCUT2D eigenvalue weighted by molar-refractivity contribution is 6.14. The van der Waals surface area contributed by atoms with Crippen LogP contribution in [0.4, 0.5) is 0 Å². The van der Waals surface area contributed by atoms with Crippen molar-refractivity contribution in [2.45, 2.75) is 60.3 Å². The van der Waals surface area contributed by atoms with Crippen molar-refractivity contribution in [3.05, 3.63) is 58.7 Å². The Bertz CT molecular complexity index is 1050. The van der Waals surface area contributed by atoms with E-state index in [1.807, 2.05) is 62.4 Å². The van der Waals surface area contributed by atoms with E-state index in [2.05, 4.69) is 25.7 Å². The molecule has 0 radical (unpaired) electrons. The molecule has 0 amide bonds. The molecular weight excluding hydrogens is 490 g/mol. The Kier molecular flexibility index (Phi) is 12.4. The molecule has 0 N–H and O–H groups in total. The minimum absolute atomic E-state index is 0.0714. The lowest BCUT2D eigenvalue weighted by Crippen LogP contribution is -2.37. The molecule has 0 bridgehead atoms. The van der Waals surface area contributed by atoms with Gasteiger partial charge in [0.05, 0.1) is 26.4 Å². The third-order valence-corrected chi connectivity index (χ3v) is 6.55. The Morgan fingerprint density at radius 1 is 0.667 bits per heavy atom. The molecule has 3 rings (SSSR count). The van der Waals surface area contributed by atoms with Gasteiger partial charge in [-0.05, 0) is 80.8 Å². The molecule has 1 aliphatic heterocycles. The second-order valence-electron chi connectivity index (χ2n) is 9.65. The number of hydrogen-bond acceptors (Lipinski definition) is 6. The van der Waals surface area contributed by atoms with Crippen LogP contribution in [0.15, 0.2) is 47.5 Å². The lowest BCUT2D eigenvalue weighted by Gasteiger charge is -2.28. The van der Waals surface area contributed by atoms with Crippen molar-refractivity contribution in [3.63, 3.8) is 0 Å². The number of carbonyl (C=O) groups is 1. The Labute approximate surface area is 234 Å². The number of ether oxygens (including phenoxy) is 4. The van der Waals surface area contributed by atoms with Crippen molar-refractivity contribution in [2.24, 2.45) is 0 Å². The fraction of sp³-hybridized carbons (Fsp3) is 0.485. The minimum atomic E-state index is 0.0714. The zero-order valence-electron chi connectivity index (χ0n) is 24.4. The number of ketones is 1. The second-order valence-corrected chi connectivity index (χ2v) is 9.65. The van der Waals surface area contributed by atoms with Gasteiger partial charge in [-0.25, -0.2) is 0 Å². The van der Waals surface area contributed by atoms with E-state index in [4.69, 9.17) is 18.9 Å². The monoisotopic (exact) mass is 535 g/mol. The highest BCUT2D eigenvalue weighted by atomic mass is 16.5. The molecule has 0 unspecified atom stereocenters. The zero-order valence-corrected chi connectivity index (χ0v) is 24.4. The maximum Gasteiger partial charge on any atom is 0.187 e. The molecule has 0 aliphatic carbocycles. The number of nitrogens with zero attached hydrogens (tertiary/aromatic N) is 1. The van der Waals surface area contributed by atoms with Gasteiger partial charge in [0.2, 0.25) is 0 Å². The highest BCUT2D eigenvalue weighted by Gasteiger charge is 2.25. The molecule has 0 saturated carbocycles. The van der Waals surface area contributed by atoms with Crippen LogP contribution in [0.3, 0.4) is 0 Å². The average Bonchev–Trinajstić information content (AvgIpc) is 2.93. The van der Waals surface area contributed by atoms with E-state index < -0.39 is 0 Å². The van der Waals surface area contributed by atoms with Gasteiger partial charge in [0.25, 0.3) is 0 Å². The molecule has 0 spiro atoms. The first kappa shape index (κ1) is 30.3. The predicted molar refractivity (Wildman–Crippen MR) is 159 cm³/mol. The van der Waals surface area contributed by atoms with Crippen LogP contribution in [0.1, 0.15) is 71.4 Å². The summed E-state index contributed by atoms with van der Waals surface area (Å²) in [7, 11) is 0. The Hall–Kier alpha value is -3.25. The summed E-state index contributed by atoms with van der Waals surface area (Å²) in [5.74, 6) is 2.97. The number of Topliss-reactive ketones (excluding diaryl/α,β-unsaturated/α-hetero) is 1. The molecule has 39 heavy (non-hydrogen) atoms. The van der Waals surface area contributed by atoms with Crippen LogP contribution in [0.5, 0.6) is 23.0 Å². The van der Waals surface area contributed by atoms with Crippen LogP contribution in [0, 0.1) is 0 Å². The first-order valence-corrected chi connectivity index (χ1v) is 14.5. The molecule has 212 valence electrons. The third kappa shape index (κ3) is 8.89. The molecule has 1 fully saturated rings. The van der Waals surface area contributed by atoms with Crippen LogP contribution >= 0.6 is 0 Å². The summed E-state index contributed by atoms with van der Waals surface area (Å²) in [6.07, 6.45) is 8.09. The Morgan fingerprint density at radius 2 is 1.13 bits per heavy atom. The van der Waals surface area contributed by atoms with E-state index in [-0.39, 0.29) is 5.78 Å². The molecule has 2 aromatic rings. The number of hydrogen-bond donors (Lipinski definition) is 0. The normalized spacial score (nSPS) is 16.1. The van der Waals surface area contributed by atoms with Crippen molar-refractivity contribution in [3.8, 4) is 23.0 Å². The zero-order chi connectivity index (χ0) is 28.0. The van der Waals surface area contributed by atoms with Gasteiger partial charge in [0, 0.05) is 24.2 Å². The largest absolute Gasteiger partial charge is 0.490 e. The molecule has 0 aromatic heterocycles. The van der Waals surface area contributed by atoms with Gasteiger partial charge in [-0.3, -0.25) is 9.69 Å². The van der Waals surface area contributed by atoms with Crippen LogP contribution in [0.25, 0.3) is 12.2 Å². The number of carbonyl (C=O) groups excluding carboxylic acids is 1. The van der Waals surface area contributed by atoms with Crippen molar-refractivity contribution in [1.82, 2.24) is 4.90 Å². The summed E-state index contributed by atoms with van der Waals surface area (Å²) >= 11 is 0. The first-order valence-electron chi connectivity index (χ1n) is 14.5. The van der Waals surface area contributed by atoms with Gasteiger partial charge in [-0.15, -0.1) is 0 Å². The highest BCUT2D eigenvalue weighted by Crippen LogP contribution is 2.32. The second kappa shape index (κ2) is 16.0. The molecule has 6 nitrogen and oxygen atoms in total. The van der Waals surface area contributed by atoms with Crippen LogP contribution in [-0.2, 0) is 4.79 Å². The maximum absolute atomic E-state index is 13.6. The van der Waals surface area contributed by atoms with E-state index in [0.29, 0.717) is 51.0 Å². The summed E-state index contributed by atoms with van der Waals surface area (Å²) in [6.45, 7) is 14.8. The Balaban J connectivity index is 1.88. The molecular formula is C33H45NO5. The smallest absolute Gasteiger partial charge is 0.187 e. The van der Waals surface area contributed by atoms with Gasteiger partial charge in [-0.1, -0.05) is 45.7 Å². The van der Waals surface area contributed by atoms with Crippen LogP contribution < -0.4 is 18.9 Å². The minimum Gasteiger partial charge on any atom is -0.490 e. The van der Waals surface area contributed by atoms with E-state index in [1.54, 1.807) is 0 Å². The predicted octanol–water partition coefficient (Wildman–Crippen LogP) is 7.21. The summed E-state index contributed by atoms with van der Waals surface area (Å²) in [5.41, 5.74) is 3.38. The van der Waals surface area contributed by atoms with Crippen LogP contribution in [-0.4, -0.2) is 56.7 Å².